The lowest BCUT2D eigenvalue weighted by Crippen LogP contribution is -2.35. The van der Waals surface area contributed by atoms with Crippen molar-refractivity contribution in [2.75, 3.05) is 19.6 Å². The third kappa shape index (κ3) is 3.78. The van der Waals surface area contributed by atoms with Crippen LogP contribution in [0.5, 0.6) is 5.75 Å². The van der Waals surface area contributed by atoms with Gasteiger partial charge in [-0.25, -0.2) is 9.50 Å². The second kappa shape index (κ2) is 7.75. The zero-order valence-electron chi connectivity index (χ0n) is 18.5. The molecule has 1 saturated carbocycles. The highest BCUT2D eigenvalue weighted by atomic mass is 16.5. The summed E-state index contributed by atoms with van der Waals surface area (Å²) in [5.74, 6) is 0.959. The fraction of sp³-hybridized carbons (Fsp3) is 0.333. The number of likely N-dealkylation sites (tertiary alicyclic amines) is 1. The highest BCUT2D eigenvalue weighted by Crippen LogP contribution is 2.41. The minimum Gasteiger partial charge on any atom is -0.486 e. The smallest absolute Gasteiger partial charge is 0.162 e. The Hall–Kier alpha value is -3.18. The van der Waals surface area contributed by atoms with Gasteiger partial charge in [0.25, 0.3) is 0 Å². The molecule has 2 fully saturated rings. The average molecular weight is 425 g/mol. The van der Waals surface area contributed by atoms with E-state index in [-0.39, 0.29) is 5.60 Å². The largest absolute Gasteiger partial charge is 0.486 e. The molecule has 1 aliphatic carbocycles. The SMILES string of the molecule is Cc1cccc(-c2cnn3cc(-c4ccc(OC5(CN6CCCC6)CC5)cc4)cnc23)c1. The molecule has 0 bridgehead atoms. The Morgan fingerprint density at radius 1 is 0.938 bits per heavy atom. The standard InChI is InChI=1S/C27H28N4O/c1-20-5-4-6-22(15-20)25-17-29-31-18-23(16-28-26(25)31)21-7-9-24(10-8-21)32-27(11-12-27)19-30-13-2-3-14-30/h4-10,15-18H,2-3,11-14,19H2,1H3. The number of benzene rings is 2. The van der Waals surface area contributed by atoms with Crippen LogP contribution in [0.15, 0.2) is 67.1 Å². The number of fused-ring (bicyclic) bond motifs is 1. The number of aromatic nitrogens is 3. The number of hydrogen-bond acceptors (Lipinski definition) is 4. The Balaban J connectivity index is 1.21. The molecule has 1 saturated heterocycles. The summed E-state index contributed by atoms with van der Waals surface area (Å²) in [6, 6.07) is 16.9. The van der Waals surface area contributed by atoms with Gasteiger partial charge in [-0.1, -0.05) is 42.0 Å². The maximum absolute atomic E-state index is 6.42. The van der Waals surface area contributed by atoms with Crippen molar-refractivity contribution >= 4 is 5.65 Å². The van der Waals surface area contributed by atoms with Gasteiger partial charge < -0.3 is 4.74 Å². The average Bonchev–Trinajstić information content (AvgIpc) is 3.19. The molecule has 0 spiro atoms. The fourth-order valence-electron chi connectivity index (χ4n) is 4.79. The summed E-state index contributed by atoms with van der Waals surface area (Å²) in [7, 11) is 0. The summed E-state index contributed by atoms with van der Waals surface area (Å²) in [4.78, 5) is 7.29. The van der Waals surface area contributed by atoms with E-state index in [4.69, 9.17) is 9.72 Å². The van der Waals surface area contributed by atoms with Crippen LogP contribution in [0.4, 0.5) is 0 Å². The molecule has 2 aromatic carbocycles. The molecule has 4 aromatic rings. The summed E-state index contributed by atoms with van der Waals surface area (Å²) in [6.45, 7) is 5.61. The highest BCUT2D eigenvalue weighted by Gasteiger charge is 2.47. The molecular weight excluding hydrogens is 396 g/mol. The van der Waals surface area contributed by atoms with Gasteiger partial charge in [-0.2, -0.15) is 5.10 Å². The van der Waals surface area contributed by atoms with E-state index in [2.05, 4.69) is 65.5 Å². The van der Waals surface area contributed by atoms with E-state index in [0.29, 0.717) is 0 Å². The summed E-state index contributed by atoms with van der Waals surface area (Å²) < 4.78 is 8.29. The molecule has 0 radical (unpaired) electrons. The van der Waals surface area contributed by atoms with Crippen molar-refractivity contribution in [2.45, 2.75) is 38.2 Å². The summed E-state index contributed by atoms with van der Waals surface area (Å²) in [5, 5.41) is 4.56. The van der Waals surface area contributed by atoms with E-state index in [1.165, 1.54) is 31.5 Å². The van der Waals surface area contributed by atoms with Crippen molar-refractivity contribution in [1.82, 2.24) is 19.5 Å². The van der Waals surface area contributed by atoms with Gasteiger partial charge in [-0.05, 0) is 69.0 Å². The minimum absolute atomic E-state index is 0.0353. The first-order valence-electron chi connectivity index (χ1n) is 11.6. The Kier molecular flexibility index (Phi) is 4.72. The molecule has 6 rings (SSSR count). The third-order valence-electron chi connectivity index (χ3n) is 6.73. The lowest BCUT2D eigenvalue weighted by Gasteiger charge is -2.24. The van der Waals surface area contributed by atoms with Gasteiger partial charge in [0.15, 0.2) is 5.65 Å². The summed E-state index contributed by atoms with van der Waals surface area (Å²) in [5.41, 5.74) is 6.49. The summed E-state index contributed by atoms with van der Waals surface area (Å²) in [6.07, 6.45) is 10.9. The second-order valence-corrected chi connectivity index (χ2v) is 9.33. The molecule has 5 heteroatoms. The molecule has 3 heterocycles. The Bertz CT molecular complexity index is 1250. The fourth-order valence-corrected chi connectivity index (χ4v) is 4.79. The normalized spacial score (nSPS) is 17.7. The first-order chi connectivity index (χ1) is 15.7. The molecule has 2 aromatic heterocycles. The van der Waals surface area contributed by atoms with Gasteiger partial charge in [-0.15, -0.1) is 0 Å². The third-order valence-corrected chi connectivity index (χ3v) is 6.73. The molecule has 0 atom stereocenters. The lowest BCUT2D eigenvalue weighted by molar-refractivity contribution is 0.126. The molecule has 0 N–H and O–H groups in total. The van der Waals surface area contributed by atoms with Crippen molar-refractivity contribution in [1.29, 1.82) is 0 Å². The zero-order chi connectivity index (χ0) is 21.5. The Labute approximate surface area is 188 Å². The lowest BCUT2D eigenvalue weighted by atomic mass is 10.1. The monoisotopic (exact) mass is 424 g/mol. The van der Waals surface area contributed by atoms with Gasteiger partial charge in [0.1, 0.15) is 11.4 Å². The zero-order valence-corrected chi connectivity index (χ0v) is 18.5. The van der Waals surface area contributed by atoms with Crippen LogP contribution < -0.4 is 4.74 Å². The van der Waals surface area contributed by atoms with Crippen LogP contribution in [-0.4, -0.2) is 44.7 Å². The van der Waals surface area contributed by atoms with Gasteiger partial charge in [0.05, 0.1) is 6.20 Å². The van der Waals surface area contributed by atoms with Gasteiger partial charge in [0.2, 0.25) is 0 Å². The van der Waals surface area contributed by atoms with E-state index < -0.39 is 0 Å². The number of rotatable bonds is 6. The van der Waals surface area contributed by atoms with E-state index in [1.807, 2.05) is 23.1 Å². The Morgan fingerprint density at radius 2 is 1.75 bits per heavy atom. The summed E-state index contributed by atoms with van der Waals surface area (Å²) >= 11 is 0. The molecule has 2 aliphatic rings. The van der Waals surface area contributed by atoms with Crippen LogP contribution in [-0.2, 0) is 0 Å². The van der Waals surface area contributed by atoms with Crippen LogP contribution in [0.2, 0.25) is 0 Å². The number of nitrogens with zero attached hydrogens (tertiary/aromatic N) is 4. The maximum atomic E-state index is 6.42. The molecular formula is C27H28N4O. The topological polar surface area (TPSA) is 42.7 Å². The van der Waals surface area contributed by atoms with Gasteiger partial charge >= 0.3 is 0 Å². The maximum Gasteiger partial charge on any atom is 0.162 e. The first kappa shape index (κ1) is 19.5. The van der Waals surface area contributed by atoms with E-state index in [9.17, 15) is 0 Å². The van der Waals surface area contributed by atoms with Crippen LogP contribution in [0.25, 0.3) is 27.9 Å². The predicted octanol–water partition coefficient (Wildman–Crippen LogP) is 5.38. The molecule has 0 unspecified atom stereocenters. The van der Waals surface area contributed by atoms with Crippen LogP contribution in [0.3, 0.4) is 0 Å². The van der Waals surface area contributed by atoms with Crippen LogP contribution >= 0.6 is 0 Å². The number of ether oxygens (including phenoxy) is 1. The van der Waals surface area contributed by atoms with Crippen LogP contribution in [0.1, 0.15) is 31.2 Å². The number of hydrogen-bond donors (Lipinski definition) is 0. The molecule has 5 nitrogen and oxygen atoms in total. The van der Waals surface area contributed by atoms with Crippen molar-refractivity contribution in [3.05, 3.63) is 72.7 Å². The molecule has 162 valence electrons. The van der Waals surface area contributed by atoms with Gasteiger partial charge in [-0.3, -0.25) is 4.90 Å². The van der Waals surface area contributed by atoms with Crippen molar-refractivity contribution in [2.24, 2.45) is 0 Å². The quantitative estimate of drug-likeness (QED) is 0.417. The minimum atomic E-state index is 0.0353. The molecule has 0 amide bonds. The predicted molar refractivity (Wildman–Crippen MR) is 127 cm³/mol. The van der Waals surface area contributed by atoms with Crippen molar-refractivity contribution < 1.29 is 4.74 Å². The van der Waals surface area contributed by atoms with Crippen molar-refractivity contribution in [3.8, 4) is 28.0 Å². The van der Waals surface area contributed by atoms with E-state index in [0.717, 1.165) is 53.0 Å². The Morgan fingerprint density at radius 3 is 2.50 bits per heavy atom. The van der Waals surface area contributed by atoms with E-state index >= 15 is 0 Å². The van der Waals surface area contributed by atoms with Gasteiger partial charge in [0, 0.05) is 30.1 Å². The molecule has 32 heavy (non-hydrogen) atoms. The highest BCUT2D eigenvalue weighted by molar-refractivity contribution is 5.78. The second-order valence-electron chi connectivity index (χ2n) is 9.33. The van der Waals surface area contributed by atoms with E-state index in [1.54, 1.807) is 0 Å². The number of aryl methyl sites for hydroxylation is 1. The first-order valence-corrected chi connectivity index (χ1v) is 11.6. The van der Waals surface area contributed by atoms with Crippen molar-refractivity contribution in [3.63, 3.8) is 0 Å². The van der Waals surface area contributed by atoms with Crippen LogP contribution in [0, 0.1) is 6.92 Å². The molecule has 1 aliphatic heterocycles.